The van der Waals surface area contributed by atoms with Crippen LogP contribution in [0, 0.1) is 0 Å². The van der Waals surface area contributed by atoms with Crippen LogP contribution in [0.1, 0.15) is 35.3 Å². The minimum Gasteiger partial charge on any atom is -0.508 e. The number of rotatable bonds is 5. The molecule has 0 atom stereocenters. The van der Waals surface area contributed by atoms with Gasteiger partial charge in [-0.3, -0.25) is 4.79 Å². The number of carbonyl (C=O) groups is 1. The fourth-order valence-electron chi connectivity index (χ4n) is 2.27. The third kappa shape index (κ3) is 4.90. The van der Waals surface area contributed by atoms with Crippen LogP contribution < -0.4 is 11.1 Å². The van der Waals surface area contributed by atoms with Crippen molar-refractivity contribution >= 4 is 5.91 Å². The van der Waals surface area contributed by atoms with Crippen molar-refractivity contribution in [2.24, 2.45) is 5.73 Å². The molecular weight excluding hydrogens is 276 g/mol. The second kappa shape index (κ2) is 6.62. The molecule has 0 bridgehead atoms. The van der Waals surface area contributed by atoms with Crippen molar-refractivity contribution in [3.63, 3.8) is 0 Å². The first-order valence-corrected chi connectivity index (χ1v) is 7.27. The first-order chi connectivity index (χ1) is 10.3. The number of carbonyl (C=O) groups excluding carboxylic acids is 1. The Bertz CT molecular complexity index is 643. The number of hydrogen-bond donors (Lipinski definition) is 3. The summed E-state index contributed by atoms with van der Waals surface area (Å²) in [6, 6.07) is 14.2. The van der Waals surface area contributed by atoms with E-state index in [4.69, 9.17) is 5.73 Å². The molecule has 0 aliphatic heterocycles. The molecule has 4 heteroatoms. The molecule has 2 aromatic carbocycles. The molecular formula is C18H22N2O2. The molecule has 22 heavy (non-hydrogen) atoms. The monoisotopic (exact) mass is 298 g/mol. The van der Waals surface area contributed by atoms with Crippen molar-refractivity contribution in [3.05, 3.63) is 65.2 Å². The number of nitrogens with one attached hydrogen (secondary N) is 1. The van der Waals surface area contributed by atoms with Crippen molar-refractivity contribution in [1.82, 2.24) is 5.32 Å². The molecule has 0 unspecified atom stereocenters. The summed E-state index contributed by atoms with van der Waals surface area (Å²) in [5.41, 5.74) is 8.50. The Labute approximate surface area is 131 Å². The van der Waals surface area contributed by atoms with Crippen molar-refractivity contribution in [2.75, 3.05) is 0 Å². The third-order valence-electron chi connectivity index (χ3n) is 3.23. The van der Waals surface area contributed by atoms with E-state index in [0.29, 0.717) is 12.1 Å². The molecule has 4 nitrogen and oxygen atoms in total. The van der Waals surface area contributed by atoms with Gasteiger partial charge in [-0.2, -0.15) is 0 Å². The first-order valence-electron chi connectivity index (χ1n) is 7.27. The van der Waals surface area contributed by atoms with Crippen LogP contribution in [0.3, 0.4) is 0 Å². The Morgan fingerprint density at radius 1 is 1.14 bits per heavy atom. The molecule has 0 saturated heterocycles. The maximum atomic E-state index is 12.0. The van der Waals surface area contributed by atoms with Gasteiger partial charge < -0.3 is 16.2 Å². The summed E-state index contributed by atoms with van der Waals surface area (Å²) in [6.45, 7) is 4.44. The molecule has 0 aliphatic carbocycles. The fourth-order valence-corrected chi connectivity index (χ4v) is 2.27. The fraction of sp³-hybridized carbons (Fsp3) is 0.278. The summed E-state index contributed by atoms with van der Waals surface area (Å²) in [5.74, 6) is -0.0155. The summed E-state index contributed by atoms with van der Waals surface area (Å²) in [5, 5.41) is 12.1. The average Bonchev–Trinajstić information content (AvgIpc) is 2.44. The molecule has 4 N–H and O–H groups in total. The SMILES string of the molecule is CC(C)(N)Cc1cccc(CNC(=O)c2ccc(O)cc2)c1. The average molecular weight is 298 g/mol. The summed E-state index contributed by atoms with van der Waals surface area (Å²) in [4.78, 5) is 12.0. The third-order valence-corrected chi connectivity index (χ3v) is 3.23. The Morgan fingerprint density at radius 2 is 1.77 bits per heavy atom. The van der Waals surface area contributed by atoms with Crippen molar-refractivity contribution < 1.29 is 9.90 Å². The number of phenolic OH excluding ortho intramolecular Hbond substituents is 1. The Morgan fingerprint density at radius 3 is 2.41 bits per heavy atom. The van der Waals surface area contributed by atoms with E-state index in [1.807, 2.05) is 32.0 Å². The largest absolute Gasteiger partial charge is 0.508 e. The predicted molar refractivity (Wildman–Crippen MR) is 87.7 cm³/mol. The molecule has 0 aliphatic rings. The second-order valence-corrected chi connectivity index (χ2v) is 6.21. The van der Waals surface area contributed by atoms with E-state index < -0.39 is 0 Å². The van der Waals surface area contributed by atoms with Crippen LogP contribution in [-0.4, -0.2) is 16.6 Å². The number of aromatic hydroxyl groups is 1. The van der Waals surface area contributed by atoms with Gasteiger partial charge >= 0.3 is 0 Å². The number of nitrogens with two attached hydrogens (primary N) is 1. The number of amides is 1. The van der Waals surface area contributed by atoms with E-state index in [1.165, 1.54) is 12.1 Å². The van der Waals surface area contributed by atoms with Crippen LogP contribution in [0.15, 0.2) is 48.5 Å². The first kappa shape index (κ1) is 16.0. The molecule has 1 amide bonds. The van der Waals surface area contributed by atoms with Crippen molar-refractivity contribution in [3.8, 4) is 5.75 Å². The standard InChI is InChI=1S/C18H22N2O2/c1-18(2,19)11-13-4-3-5-14(10-13)12-20-17(22)15-6-8-16(21)9-7-15/h3-10,21H,11-12,19H2,1-2H3,(H,20,22). The zero-order valence-corrected chi connectivity index (χ0v) is 13.0. The zero-order chi connectivity index (χ0) is 16.2. The van der Waals surface area contributed by atoms with Crippen LogP contribution in [0.5, 0.6) is 5.75 Å². The number of benzene rings is 2. The van der Waals surface area contributed by atoms with Crippen LogP contribution in [0.25, 0.3) is 0 Å². The lowest BCUT2D eigenvalue weighted by Crippen LogP contribution is -2.34. The minimum absolute atomic E-state index is 0.147. The van der Waals surface area contributed by atoms with Gasteiger partial charge in [0.2, 0.25) is 0 Å². The lowest BCUT2D eigenvalue weighted by molar-refractivity contribution is 0.0951. The lowest BCUT2D eigenvalue weighted by Gasteiger charge is -2.18. The van der Waals surface area contributed by atoms with Crippen molar-refractivity contribution in [2.45, 2.75) is 32.4 Å². The lowest BCUT2D eigenvalue weighted by atomic mass is 9.95. The van der Waals surface area contributed by atoms with E-state index >= 15 is 0 Å². The van der Waals surface area contributed by atoms with Gasteiger partial charge in [0.25, 0.3) is 5.91 Å². The molecule has 2 rings (SSSR count). The van der Waals surface area contributed by atoms with Crippen LogP contribution in [0.2, 0.25) is 0 Å². The van der Waals surface area contributed by atoms with Gasteiger partial charge in [0.15, 0.2) is 0 Å². The molecule has 0 heterocycles. The van der Waals surface area contributed by atoms with Gasteiger partial charge in [0.05, 0.1) is 0 Å². The minimum atomic E-state index is -0.256. The van der Waals surface area contributed by atoms with Gasteiger partial charge in [-0.15, -0.1) is 0 Å². The molecule has 0 radical (unpaired) electrons. The van der Waals surface area contributed by atoms with Gasteiger partial charge in [0.1, 0.15) is 5.75 Å². The highest BCUT2D eigenvalue weighted by Gasteiger charge is 2.12. The summed E-state index contributed by atoms with van der Waals surface area (Å²) >= 11 is 0. The highest BCUT2D eigenvalue weighted by Crippen LogP contribution is 2.13. The smallest absolute Gasteiger partial charge is 0.251 e. The van der Waals surface area contributed by atoms with Gasteiger partial charge in [-0.05, 0) is 55.7 Å². The summed E-state index contributed by atoms with van der Waals surface area (Å²) in [6.07, 6.45) is 0.784. The Hall–Kier alpha value is -2.33. The van der Waals surface area contributed by atoms with E-state index in [9.17, 15) is 9.90 Å². The summed E-state index contributed by atoms with van der Waals surface area (Å²) < 4.78 is 0. The number of hydrogen-bond acceptors (Lipinski definition) is 3. The Kier molecular flexibility index (Phi) is 4.83. The summed E-state index contributed by atoms with van der Waals surface area (Å²) in [7, 11) is 0. The van der Waals surface area contributed by atoms with Gasteiger partial charge in [0, 0.05) is 17.6 Å². The second-order valence-electron chi connectivity index (χ2n) is 6.21. The van der Waals surface area contributed by atoms with Gasteiger partial charge in [-0.1, -0.05) is 24.3 Å². The normalized spacial score (nSPS) is 11.2. The maximum absolute atomic E-state index is 12.0. The topological polar surface area (TPSA) is 75.3 Å². The van der Waals surface area contributed by atoms with E-state index in [-0.39, 0.29) is 17.2 Å². The van der Waals surface area contributed by atoms with Crippen LogP contribution >= 0.6 is 0 Å². The van der Waals surface area contributed by atoms with E-state index in [2.05, 4.69) is 11.4 Å². The van der Waals surface area contributed by atoms with E-state index in [0.717, 1.165) is 17.5 Å². The molecule has 116 valence electrons. The zero-order valence-electron chi connectivity index (χ0n) is 13.0. The molecule has 2 aromatic rings. The highest BCUT2D eigenvalue weighted by atomic mass is 16.3. The molecule has 0 saturated carbocycles. The molecule has 0 aromatic heterocycles. The van der Waals surface area contributed by atoms with Crippen molar-refractivity contribution in [1.29, 1.82) is 0 Å². The van der Waals surface area contributed by atoms with Crippen LogP contribution in [-0.2, 0) is 13.0 Å². The highest BCUT2D eigenvalue weighted by molar-refractivity contribution is 5.94. The quantitative estimate of drug-likeness (QED) is 0.794. The van der Waals surface area contributed by atoms with Gasteiger partial charge in [-0.25, -0.2) is 0 Å². The van der Waals surface area contributed by atoms with Crippen LogP contribution in [0.4, 0.5) is 0 Å². The predicted octanol–water partition coefficient (Wildman–Crippen LogP) is 2.60. The Balaban J connectivity index is 1.98. The molecule has 0 fully saturated rings. The van der Waals surface area contributed by atoms with E-state index in [1.54, 1.807) is 12.1 Å². The number of phenols is 1. The molecule has 0 spiro atoms. The maximum Gasteiger partial charge on any atom is 0.251 e.